The van der Waals surface area contributed by atoms with E-state index in [2.05, 4.69) is 58.2 Å². The molecular formula is C29H44N2O2S. The fourth-order valence-electron chi connectivity index (χ4n) is 5.28. The Kier molecular flexibility index (Phi) is 8.97. The molecule has 0 radical (unpaired) electrons. The molecule has 1 unspecified atom stereocenters. The standard InChI is InChI=1S/C29H44N2O2S/c1-7-10-21(27(33)31(6)17-18-32)11-8-9-12-26-30-25(20-34-26)22-13-14-23-24(19-22)29(4,5)16-15-28(23,2)3/h13-14,19-21,32H,7-12,15-18H2,1-6H3. The van der Waals surface area contributed by atoms with Gasteiger partial charge in [-0.1, -0.05) is 59.6 Å². The van der Waals surface area contributed by atoms with Gasteiger partial charge in [0.25, 0.3) is 0 Å². The van der Waals surface area contributed by atoms with E-state index < -0.39 is 0 Å². The van der Waals surface area contributed by atoms with Crippen molar-refractivity contribution in [2.75, 3.05) is 20.2 Å². The van der Waals surface area contributed by atoms with Gasteiger partial charge in [-0.15, -0.1) is 11.3 Å². The highest BCUT2D eigenvalue weighted by atomic mass is 32.1. The molecule has 1 atom stereocenters. The van der Waals surface area contributed by atoms with Gasteiger partial charge in [0, 0.05) is 30.5 Å². The van der Waals surface area contributed by atoms with E-state index in [0.29, 0.717) is 6.54 Å². The molecule has 1 aromatic heterocycles. The fourth-order valence-corrected chi connectivity index (χ4v) is 6.13. The van der Waals surface area contributed by atoms with Crippen molar-refractivity contribution in [3.8, 4) is 11.3 Å². The number of aliphatic hydroxyl groups is 1. The topological polar surface area (TPSA) is 53.4 Å². The Morgan fingerprint density at radius 1 is 1.12 bits per heavy atom. The second-order valence-corrected chi connectivity index (χ2v) is 12.3. The Labute approximate surface area is 210 Å². The summed E-state index contributed by atoms with van der Waals surface area (Å²) in [6.45, 7) is 12.0. The van der Waals surface area contributed by atoms with E-state index in [0.717, 1.165) is 44.2 Å². The molecule has 1 aliphatic carbocycles. The molecule has 2 aromatic rings. The number of hydrogen-bond donors (Lipinski definition) is 1. The molecule has 188 valence electrons. The molecule has 3 rings (SSSR count). The fraction of sp³-hybridized carbons (Fsp3) is 0.655. The molecule has 1 N–H and O–H groups in total. The molecule has 1 heterocycles. The number of rotatable bonds is 11. The van der Waals surface area contributed by atoms with Crippen LogP contribution >= 0.6 is 11.3 Å². The minimum Gasteiger partial charge on any atom is -0.395 e. The van der Waals surface area contributed by atoms with Crippen LogP contribution in [0.3, 0.4) is 0 Å². The number of benzene rings is 1. The number of unbranched alkanes of at least 4 members (excludes halogenated alkanes) is 1. The summed E-state index contributed by atoms with van der Waals surface area (Å²) in [5.74, 6) is 0.238. The lowest BCUT2D eigenvalue weighted by molar-refractivity contribution is -0.135. The number of fused-ring (bicyclic) bond motifs is 1. The van der Waals surface area contributed by atoms with Gasteiger partial charge in [-0.2, -0.15) is 0 Å². The third-order valence-corrected chi connectivity index (χ3v) is 8.60. The maximum atomic E-state index is 12.6. The molecule has 0 aliphatic heterocycles. The van der Waals surface area contributed by atoms with Gasteiger partial charge in [0.1, 0.15) is 0 Å². The third kappa shape index (κ3) is 6.28. The normalized spacial score (nSPS) is 17.3. The summed E-state index contributed by atoms with van der Waals surface area (Å²) in [4.78, 5) is 19.3. The molecule has 0 spiro atoms. The van der Waals surface area contributed by atoms with Gasteiger partial charge >= 0.3 is 0 Å². The van der Waals surface area contributed by atoms with Crippen LogP contribution in [-0.2, 0) is 22.0 Å². The van der Waals surface area contributed by atoms with Crippen LogP contribution in [0, 0.1) is 5.92 Å². The van der Waals surface area contributed by atoms with E-state index in [1.54, 1.807) is 23.3 Å². The van der Waals surface area contributed by atoms with Crippen molar-refractivity contribution in [2.24, 2.45) is 5.92 Å². The van der Waals surface area contributed by atoms with Crippen LogP contribution in [0.25, 0.3) is 11.3 Å². The van der Waals surface area contributed by atoms with E-state index in [1.165, 1.54) is 34.5 Å². The molecule has 1 amide bonds. The number of hydrogen-bond acceptors (Lipinski definition) is 4. The van der Waals surface area contributed by atoms with Crippen molar-refractivity contribution in [3.63, 3.8) is 0 Å². The van der Waals surface area contributed by atoms with E-state index in [-0.39, 0.29) is 29.3 Å². The van der Waals surface area contributed by atoms with Crippen LogP contribution in [0.2, 0.25) is 0 Å². The summed E-state index contributed by atoms with van der Waals surface area (Å²) in [6, 6.07) is 6.98. The first-order chi connectivity index (χ1) is 16.1. The highest BCUT2D eigenvalue weighted by Gasteiger charge is 2.37. The first kappa shape index (κ1) is 26.9. The van der Waals surface area contributed by atoms with Crippen molar-refractivity contribution in [1.29, 1.82) is 0 Å². The van der Waals surface area contributed by atoms with Crippen LogP contribution in [0.4, 0.5) is 0 Å². The van der Waals surface area contributed by atoms with Crippen LogP contribution in [-0.4, -0.2) is 41.1 Å². The molecule has 0 saturated heterocycles. The SMILES string of the molecule is CCCC(CCCCc1nc(-c2ccc3c(c2)C(C)(C)CCC3(C)C)cs1)C(=O)N(C)CCO. The zero-order valence-corrected chi connectivity index (χ0v) is 22.9. The van der Waals surface area contributed by atoms with Crippen LogP contribution < -0.4 is 0 Å². The minimum atomic E-state index is 0.0208. The second-order valence-electron chi connectivity index (χ2n) is 11.4. The highest BCUT2D eigenvalue weighted by Crippen LogP contribution is 2.46. The first-order valence-electron chi connectivity index (χ1n) is 13.0. The molecule has 1 aliphatic rings. The van der Waals surface area contributed by atoms with Gasteiger partial charge in [-0.25, -0.2) is 4.98 Å². The quantitative estimate of drug-likeness (QED) is 0.359. The summed E-state index contributed by atoms with van der Waals surface area (Å²) in [5, 5.41) is 12.5. The summed E-state index contributed by atoms with van der Waals surface area (Å²) in [6.07, 6.45) is 8.33. The number of nitrogens with zero attached hydrogens (tertiary/aromatic N) is 2. The van der Waals surface area contributed by atoms with Crippen molar-refractivity contribution >= 4 is 17.2 Å². The van der Waals surface area contributed by atoms with Crippen molar-refractivity contribution in [2.45, 2.75) is 96.8 Å². The first-order valence-corrected chi connectivity index (χ1v) is 13.9. The Morgan fingerprint density at radius 2 is 1.82 bits per heavy atom. The number of amides is 1. The Hall–Kier alpha value is -1.72. The number of carbonyl (C=O) groups is 1. The van der Waals surface area contributed by atoms with Gasteiger partial charge in [0.05, 0.1) is 17.3 Å². The molecule has 5 heteroatoms. The molecular weight excluding hydrogens is 440 g/mol. The molecule has 0 fully saturated rings. The zero-order valence-electron chi connectivity index (χ0n) is 22.1. The van der Waals surface area contributed by atoms with Crippen LogP contribution in [0.15, 0.2) is 23.6 Å². The number of aromatic nitrogens is 1. The van der Waals surface area contributed by atoms with Crippen molar-refractivity contribution < 1.29 is 9.90 Å². The van der Waals surface area contributed by atoms with Crippen molar-refractivity contribution in [1.82, 2.24) is 9.88 Å². The smallest absolute Gasteiger partial charge is 0.225 e. The Bertz CT molecular complexity index is 963. The van der Waals surface area contributed by atoms with E-state index in [1.807, 2.05) is 0 Å². The summed E-state index contributed by atoms with van der Waals surface area (Å²) < 4.78 is 0. The Morgan fingerprint density at radius 3 is 2.50 bits per heavy atom. The monoisotopic (exact) mass is 484 g/mol. The summed E-state index contributed by atoms with van der Waals surface area (Å²) >= 11 is 1.75. The largest absolute Gasteiger partial charge is 0.395 e. The molecule has 34 heavy (non-hydrogen) atoms. The lowest BCUT2D eigenvalue weighted by atomic mass is 9.63. The maximum absolute atomic E-state index is 12.6. The van der Waals surface area contributed by atoms with Crippen LogP contribution in [0.1, 0.15) is 95.7 Å². The number of aryl methyl sites for hydroxylation is 1. The summed E-state index contributed by atoms with van der Waals surface area (Å²) in [5.41, 5.74) is 5.73. The highest BCUT2D eigenvalue weighted by molar-refractivity contribution is 7.09. The van der Waals surface area contributed by atoms with E-state index in [4.69, 9.17) is 10.1 Å². The van der Waals surface area contributed by atoms with Crippen LogP contribution in [0.5, 0.6) is 0 Å². The molecule has 0 bridgehead atoms. The maximum Gasteiger partial charge on any atom is 0.225 e. The predicted molar refractivity (Wildman–Crippen MR) is 144 cm³/mol. The number of aliphatic hydroxyl groups excluding tert-OH is 1. The minimum absolute atomic E-state index is 0.0208. The van der Waals surface area contributed by atoms with Gasteiger partial charge in [-0.05, 0) is 66.5 Å². The molecule has 4 nitrogen and oxygen atoms in total. The van der Waals surface area contributed by atoms with E-state index in [9.17, 15) is 4.79 Å². The second kappa shape index (κ2) is 11.3. The third-order valence-electron chi connectivity index (χ3n) is 7.69. The number of thiazole rings is 1. The average Bonchev–Trinajstić information content (AvgIpc) is 3.27. The number of likely N-dealkylation sites (N-methyl/N-ethyl adjacent to an activating group) is 1. The predicted octanol–water partition coefficient (Wildman–Crippen LogP) is 6.74. The van der Waals surface area contributed by atoms with Gasteiger partial charge in [0.2, 0.25) is 5.91 Å². The van der Waals surface area contributed by atoms with Crippen molar-refractivity contribution in [3.05, 3.63) is 39.7 Å². The van der Waals surface area contributed by atoms with Gasteiger partial charge in [-0.3, -0.25) is 4.79 Å². The van der Waals surface area contributed by atoms with Gasteiger partial charge in [0.15, 0.2) is 0 Å². The molecule has 1 aromatic carbocycles. The average molecular weight is 485 g/mol. The zero-order chi connectivity index (χ0) is 24.9. The number of carbonyl (C=O) groups excluding carboxylic acids is 1. The lowest BCUT2D eigenvalue weighted by Gasteiger charge is -2.42. The van der Waals surface area contributed by atoms with E-state index >= 15 is 0 Å². The van der Waals surface area contributed by atoms with Gasteiger partial charge < -0.3 is 10.0 Å². The summed E-state index contributed by atoms with van der Waals surface area (Å²) in [7, 11) is 1.79. The Balaban J connectivity index is 1.60. The molecule has 0 saturated carbocycles. The lowest BCUT2D eigenvalue weighted by Crippen LogP contribution is -2.35.